The Labute approximate surface area is 196 Å². The van der Waals surface area contributed by atoms with Crippen LogP contribution >= 0.6 is 11.3 Å². The van der Waals surface area contributed by atoms with E-state index >= 15 is 0 Å². The van der Waals surface area contributed by atoms with Gasteiger partial charge >= 0.3 is 6.03 Å². The number of nitrogens with one attached hydrogen (secondary N) is 2. The summed E-state index contributed by atoms with van der Waals surface area (Å²) >= 11 is 1.28. The number of ether oxygens (including phenoxy) is 2. The van der Waals surface area contributed by atoms with Crippen LogP contribution in [0, 0.1) is 0 Å². The average Bonchev–Trinajstić information content (AvgIpc) is 3.30. The maximum atomic E-state index is 12.7. The van der Waals surface area contributed by atoms with Gasteiger partial charge in [-0.25, -0.2) is 4.79 Å². The van der Waals surface area contributed by atoms with Crippen molar-refractivity contribution in [3.05, 3.63) is 48.5 Å². The van der Waals surface area contributed by atoms with Gasteiger partial charge < -0.3 is 25.0 Å². The van der Waals surface area contributed by atoms with Crippen LogP contribution < -0.4 is 20.1 Å². The summed E-state index contributed by atoms with van der Waals surface area (Å²) in [5.41, 5.74) is 1.52. The van der Waals surface area contributed by atoms with Crippen LogP contribution in [-0.2, 0) is 4.79 Å². The van der Waals surface area contributed by atoms with E-state index in [-0.39, 0.29) is 24.9 Å². The number of urea groups is 1. The Hall–Kier alpha value is -3.66. The van der Waals surface area contributed by atoms with Crippen molar-refractivity contribution in [1.82, 2.24) is 15.1 Å². The molecule has 0 aliphatic heterocycles. The summed E-state index contributed by atoms with van der Waals surface area (Å²) in [5, 5.41) is 14.9. The van der Waals surface area contributed by atoms with E-state index in [9.17, 15) is 9.59 Å². The van der Waals surface area contributed by atoms with Gasteiger partial charge in [-0.05, 0) is 42.8 Å². The minimum atomic E-state index is -0.268. The van der Waals surface area contributed by atoms with E-state index in [0.29, 0.717) is 28.1 Å². The van der Waals surface area contributed by atoms with E-state index in [1.54, 1.807) is 43.4 Å². The number of amides is 3. The molecule has 0 saturated heterocycles. The zero-order valence-electron chi connectivity index (χ0n) is 18.8. The Kier molecular flexibility index (Phi) is 8.59. The molecule has 0 saturated carbocycles. The van der Waals surface area contributed by atoms with Crippen molar-refractivity contribution in [3.8, 4) is 22.1 Å². The van der Waals surface area contributed by atoms with Crippen LogP contribution in [0.25, 0.3) is 10.6 Å². The van der Waals surface area contributed by atoms with Gasteiger partial charge in [0.1, 0.15) is 16.5 Å². The number of anilines is 2. The first-order chi connectivity index (χ1) is 16.0. The molecular formula is C23H27N5O4S. The third-order valence-corrected chi connectivity index (χ3v) is 5.61. The van der Waals surface area contributed by atoms with Crippen LogP contribution in [0.2, 0.25) is 0 Å². The molecule has 33 heavy (non-hydrogen) atoms. The zero-order valence-corrected chi connectivity index (χ0v) is 19.6. The Morgan fingerprint density at radius 2 is 1.73 bits per heavy atom. The fraction of sp³-hybridized carbons (Fsp3) is 0.304. The lowest BCUT2D eigenvalue weighted by molar-refractivity contribution is -0.116. The van der Waals surface area contributed by atoms with Gasteiger partial charge in [0.25, 0.3) is 0 Å². The van der Waals surface area contributed by atoms with Crippen molar-refractivity contribution in [3.63, 3.8) is 0 Å². The molecule has 3 aromatic rings. The highest BCUT2D eigenvalue weighted by Gasteiger charge is 2.16. The van der Waals surface area contributed by atoms with Crippen LogP contribution in [0.4, 0.5) is 15.6 Å². The van der Waals surface area contributed by atoms with Crippen molar-refractivity contribution >= 4 is 34.1 Å². The molecule has 0 aliphatic rings. The summed E-state index contributed by atoms with van der Waals surface area (Å²) in [4.78, 5) is 26.8. The van der Waals surface area contributed by atoms with Crippen LogP contribution in [0.3, 0.4) is 0 Å². The lowest BCUT2D eigenvalue weighted by atomic mass is 10.2. The topological polar surface area (TPSA) is 106 Å². The molecule has 3 amide bonds. The van der Waals surface area contributed by atoms with E-state index in [1.165, 1.54) is 11.3 Å². The first kappa shape index (κ1) is 24.0. The normalized spacial score (nSPS) is 10.4. The van der Waals surface area contributed by atoms with Gasteiger partial charge in [-0.3, -0.25) is 4.79 Å². The van der Waals surface area contributed by atoms with Gasteiger partial charge in [-0.1, -0.05) is 24.3 Å². The monoisotopic (exact) mass is 469 g/mol. The molecule has 0 fully saturated rings. The van der Waals surface area contributed by atoms with Crippen molar-refractivity contribution < 1.29 is 19.1 Å². The number of hydrogen-bond donors (Lipinski definition) is 2. The molecule has 2 N–H and O–H groups in total. The largest absolute Gasteiger partial charge is 0.497 e. The number of carbonyl (C=O) groups excluding carboxylic acids is 2. The molecule has 0 atom stereocenters. The van der Waals surface area contributed by atoms with Gasteiger partial charge in [-0.2, -0.15) is 0 Å². The van der Waals surface area contributed by atoms with Crippen molar-refractivity contribution in [2.45, 2.75) is 19.8 Å². The number of hydrogen-bond acceptors (Lipinski definition) is 7. The molecule has 9 nitrogen and oxygen atoms in total. The summed E-state index contributed by atoms with van der Waals surface area (Å²) in [7, 11) is 3.18. The fourth-order valence-corrected chi connectivity index (χ4v) is 3.80. The predicted molar refractivity (Wildman–Crippen MR) is 129 cm³/mol. The smallest absolute Gasteiger partial charge is 0.321 e. The van der Waals surface area contributed by atoms with E-state index in [2.05, 4.69) is 20.8 Å². The zero-order chi connectivity index (χ0) is 23.6. The Bertz CT molecular complexity index is 1070. The molecule has 0 spiro atoms. The maximum Gasteiger partial charge on any atom is 0.321 e. The highest BCUT2D eigenvalue weighted by atomic mass is 32.1. The van der Waals surface area contributed by atoms with Crippen molar-refractivity contribution in [1.29, 1.82) is 0 Å². The number of aromatic nitrogens is 2. The van der Waals surface area contributed by atoms with Crippen molar-refractivity contribution in [2.75, 3.05) is 37.9 Å². The molecule has 0 bridgehead atoms. The number of carbonyl (C=O) groups is 2. The van der Waals surface area contributed by atoms with Gasteiger partial charge in [0, 0.05) is 36.8 Å². The molecule has 2 aromatic carbocycles. The second-order valence-electron chi connectivity index (χ2n) is 7.09. The Morgan fingerprint density at radius 3 is 2.42 bits per heavy atom. The number of benzene rings is 2. The Balaban J connectivity index is 1.54. The minimum Gasteiger partial charge on any atom is -0.497 e. The van der Waals surface area contributed by atoms with Gasteiger partial charge in [0.2, 0.25) is 11.0 Å². The molecular weight excluding hydrogens is 442 g/mol. The van der Waals surface area contributed by atoms with Crippen molar-refractivity contribution in [2.24, 2.45) is 0 Å². The fourth-order valence-electron chi connectivity index (χ4n) is 3.03. The first-order valence-electron chi connectivity index (χ1n) is 10.5. The van der Waals surface area contributed by atoms with E-state index in [1.807, 2.05) is 31.2 Å². The van der Waals surface area contributed by atoms with Gasteiger partial charge in [-0.15, -0.1) is 10.2 Å². The molecule has 10 heteroatoms. The van der Waals surface area contributed by atoms with Gasteiger partial charge in [0.05, 0.1) is 14.2 Å². The number of methoxy groups -OCH3 is 2. The summed E-state index contributed by atoms with van der Waals surface area (Å²) in [6, 6.07) is 14.3. The second-order valence-corrected chi connectivity index (χ2v) is 8.07. The number of nitrogens with zero attached hydrogens (tertiary/aromatic N) is 3. The summed E-state index contributed by atoms with van der Waals surface area (Å²) in [6.45, 7) is 2.79. The summed E-state index contributed by atoms with van der Waals surface area (Å²) < 4.78 is 10.3. The van der Waals surface area contributed by atoms with E-state index < -0.39 is 0 Å². The van der Waals surface area contributed by atoms with Crippen LogP contribution in [0.15, 0.2) is 48.5 Å². The van der Waals surface area contributed by atoms with Crippen LogP contribution in [0.1, 0.15) is 19.8 Å². The molecule has 174 valence electrons. The summed E-state index contributed by atoms with van der Waals surface area (Å²) in [5.74, 6) is 1.17. The molecule has 1 aromatic heterocycles. The highest BCUT2D eigenvalue weighted by molar-refractivity contribution is 7.18. The minimum absolute atomic E-state index is 0.142. The first-order valence-corrected chi connectivity index (χ1v) is 11.3. The number of rotatable bonds is 10. The van der Waals surface area contributed by atoms with Gasteiger partial charge in [0.15, 0.2) is 0 Å². The summed E-state index contributed by atoms with van der Waals surface area (Å²) in [6.07, 6.45) is 0.914. The highest BCUT2D eigenvalue weighted by Crippen LogP contribution is 2.27. The molecule has 3 rings (SSSR count). The third-order valence-electron chi connectivity index (χ3n) is 4.72. The molecule has 0 aliphatic carbocycles. The Morgan fingerprint density at radius 1 is 0.970 bits per heavy atom. The van der Waals surface area contributed by atoms with Crippen LogP contribution in [-0.4, -0.2) is 54.3 Å². The molecule has 1 heterocycles. The quantitative estimate of drug-likeness (QED) is 0.453. The second kappa shape index (κ2) is 11.8. The molecule has 0 unspecified atom stereocenters. The lowest BCUT2D eigenvalue weighted by Gasteiger charge is -2.22. The standard InChI is InChI=1S/C23H27N5O4S/c1-4-13-28(23(30)24-17-6-5-7-19(15-17)32-3)14-12-20(29)25-22-27-26-21(33-22)16-8-10-18(31-2)11-9-16/h5-11,15H,4,12-14H2,1-3H3,(H,24,30)(H,25,27,29). The van der Waals surface area contributed by atoms with E-state index in [4.69, 9.17) is 9.47 Å². The lowest BCUT2D eigenvalue weighted by Crippen LogP contribution is -2.37. The molecule has 0 radical (unpaired) electrons. The SMILES string of the molecule is CCCN(CCC(=O)Nc1nnc(-c2ccc(OC)cc2)s1)C(=O)Nc1cccc(OC)c1. The van der Waals surface area contributed by atoms with Crippen LogP contribution in [0.5, 0.6) is 11.5 Å². The third kappa shape index (κ3) is 6.91. The maximum absolute atomic E-state index is 12.7. The average molecular weight is 470 g/mol. The van der Waals surface area contributed by atoms with E-state index in [0.717, 1.165) is 17.7 Å². The predicted octanol–water partition coefficient (Wildman–Crippen LogP) is 4.50.